The van der Waals surface area contributed by atoms with Gasteiger partial charge < -0.3 is 24.5 Å². The monoisotopic (exact) mass is 664 g/mol. The molecule has 10 heteroatoms. The number of rotatable bonds is 17. The summed E-state index contributed by atoms with van der Waals surface area (Å²) < 4.78 is 21.1. The van der Waals surface area contributed by atoms with Gasteiger partial charge in [0.15, 0.2) is 11.6 Å². The van der Waals surface area contributed by atoms with Crippen LogP contribution in [0, 0.1) is 11.7 Å². The van der Waals surface area contributed by atoms with Crippen molar-refractivity contribution in [2.45, 2.75) is 109 Å². The zero-order chi connectivity index (χ0) is 33.9. The number of piperidine rings is 1. The lowest BCUT2D eigenvalue weighted by Gasteiger charge is -2.32. The third kappa shape index (κ3) is 9.69. The fourth-order valence-corrected chi connectivity index (χ4v) is 7.40. The zero-order valence-electron chi connectivity index (χ0n) is 28.6. The fraction of sp³-hybridized carbons (Fsp3) is 0.632. The molecule has 3 amide bonds. The lowest BCUT2D eigenvalue weighted by atomic mass is 9.93. The molecule has 3 aliphatic rings. The number of unbranched alkanes of at least 4 members (excludes halogenated alkanes) is 3. The van der Waals surface area contributed by atoms with Crippen LogP contribution in [0.2, 0.25) is 0 Å². The number of ether oxygens (including phenoxy) is 1. The predicted molar refractivity (Wildman–Crippen MR) is 182 cm³/mol. The average molecular weight is 665 g/mol. The largest absolute Gasteiger partial charge is 0.491 e. The van der Waals surface area contributed by atoms with Crippen molar-refractivity contribution >= 4 is 17.9 Å². The summed E-state index contributed by atoms with van der Waals surface area (Å²) in [6.07, 6.45) is 13.4. The molecule has 9 nitrogen and oxygen atoms in total. The lowest BCUT2D eigenvalue weighted by molar-refractivity contribution is -0.138. The number of hydrogen-bond donors (Lipinski definition) is 1. The number of aryl methyl sites for hydroxylation is 3. The first-order valence-corrected chi connectivity index (χ1v) is 18.3. The van der Waals surface area contributed by atoms with E-state index in [9.17, 15) is 19.5 Å². The first-order chi connectivity index (χ1) is 23.3. The van der Waals surface area contributed by atoms with Crippen LogP contribution in [0.5, 0.6) is 5.75 Å². The van der Waals surface area contributed by atoms with Crippen molar-refractivity contribution in [1.29, 1.82) is 0 Å². The number of aromatic nitrogens is 1. The smallest absolute Gasteiger partial charge is 0.320 e. The first-order valence-electron chi connectivity index (χ1n) is 18.3. The van der Waals surface area contributed by atoms with E-state index in [2.05, 4.69) is 19.1 Å². The van der Waals surface area contributed by atoms with E-state index in [-0.39, 0.29) is 24.1 Å². The van der Waals surface area contributed by atoms with E-state index in [1.54, 1.807) is 21.9 Å². The van der Waals surface area contributed by atoms with Gasteiger partial charge in [0.1, 0.15) is 0 Å². The number of nitrogens with zero attached hydrogens (tertiary/aromatic N) is 4. The Labute approximate surface area is 284 Å². The van der Waals surface area contributed by atoms with Gasteiger partial charge in [-0.1, -0.05) is 38.3 Å². The molecular formula is C38H53FN4O5. The van der Waals surface area contributed by atoms with E-state index in [4.69, 9.17) is 9.72 Å². The first kappa shape index (κ1) is 35.6. The highest BCUT2D eigenvalue weighted by atomic mass is 19.1. The molecule has 3 heterocycles. The second-order valence-corrected chi connectivity index (χ2v) is 13.8. The molecular weight excluding hydrogens is 611 g/mol. The lowest BCUT2D eigenvalue weighted by Crippen LogP contribution is -2.38. The van der Waals surface area contributed by atoms with Crippen LogP contribution in [-0.4, -0.2) is 82.0 Å². The number of carbonyl (C=O) groups excluding carboxylic acids is 2. The topological polar surface area (TPSA) is 103 Å². The van der Waals surface area contributed by atoms with Crippen LogP contribution in [-0.2, 0) is 28.9 Å². The molecule has 1 atom stereocenters. The quantitative estimate of drug-likeness (QED) is 0.183. The number of carboxylic acids is 1. The molecule has 1 aliphatic carbocycles. The summed E-state index contributed by atoms with van der Waals surface area (Å²) in [6.45, 7) is 5.52. The van der Waals surface area contributed by atoms with Gasteiger partial charge in [-0.25, -0.2) is 9.18 Å². The number of benzene rings is 1. The molecule has 1 aromatic heterocycles. The number of urea groups is 1. The molecule has 5 rings (SSSR count). The van der Waals surface area contributed by atoms with E-state index < -0.39 is 17.8 Å². The maximum absolute atomic E-state index is 15.3. The predicted octanol–water partition coefficient (Wildman–Crippen LogP) is 6.96. The van der Waals surface area contributed by atoms with Gasteiger partial charge in [0.2, 0.25) is 5.91 Å². The summed E-state index contributed by atoms with van der Waals surface area (Å²) in [5.74, 6) is -0.805. The Morgan fingerprint density at radius 2 is 1.83 bits per heavy atom. The van der Waals surface area contributed by atoms with Gasteiger partial charge in [0, 0.05) is 50.5 Å². The van der Waals surface area contributed by atoms with Gasteiger partial charge in [0.05, 0.1) is 19.1 Å². The fourth-order valence-electron chi connectivity index (χ4n) is 7.40. The Morgan fingerprint density at radius 3 is 2.60 bits per heavy atom. The molecule has 2 aromatic rings. The SMILES string of the molecule is CCCCCCC(=O)N1CCC(CCOc2ccc([C@H](CC(=O)O)N3CCN(CCCc4ccc5c(n4)CCCC5)C3=O)cc2F)CC1. The highest BCUT2D eigenvalue weighted by Gasteiger charge is 2.35. The van der Waals surface area contributed by atoms with Gasteiger partial charge in [-0.15, -0.1) is 0 Å². The van der Waals surface area contributed by atoms with Gasteiger partial charge in [0.25, 0.3) is 0 Å². The minimum absolute atomic E-state index is 0.123. The maximum atomic E-state index is 15.3. The number of halogens is 1. The molecule has 1 N–H and O–H groups in total. The van der Waals surface area contributed by atoms with E-state index >= 15 is 4.39 Å². The Bertz CT molecular complexity index is 1400. The second-order valence-electron chi connectivity index (χ2n) is 13.8. The number of carboxylic acid groups (broad SMARTS) is 1. The molecule has 0 bridgehead atoms. The van der Waals surface area contributed by atoms with Crippen molar-refractivity contribution in [2.24, 2.45) is 5.92 Å². The Balaban J connectivity index is 1.08. The maximum Gasteiger partial charge on any atom is 0.320 e. The molecule has 2 saturated heterocycles. The summed E-state index contributed by atoms with van der Waals surface area (Å²) in [5.41, 5.74) is 4.05. The van der Waals surface area contributed by atoms with Crippen LogP contribution < -0.4 is 4.74 Å². The van der Waals surface area contributed by atoms with Gasteiger partial charge in [-0.05, 0) is 99.5 Å². The van der Waals surface area contributed by atoms with Crippen molar-refractivity contribution in [2.75, 3.05) is 39.3 Å². The number of amides is 3. The van der Waals surface area contributed by atoms with E-state index in [1.165, 1.54) is 36.6 Å². The van der Waals surface area contributed by atoms with Crippen LogP contribution in [0.4, 0.5) is 9.18 Å². The number of aliphatic carboxylic acids is 1. The summed E-state index contributed by atoms with van der Waals surface area (Å²) >= 11 is 0. The molecule has 0 radical (unpaired) electrons. The van der Waals surface area contributed by atoms with E-state index in [1.807, 2.05) is 4.90 Å². The minimum Gasteiger partial charge on any atom is -0.491 e. The number of pyridine rings is 1. The number of carbonyl (C=O) groups is 3. The van der Waals surface area contributed by atoms with Crippen molar-refractivity contribution in [3.8, 4) is 5.75 Å². The second kappa shape index (κ2) is 17.6. The summed E-state index contributed by atoms with van der Waals surface area (Å²) in [6, 6.07) is 7.82. The number of fused-ring (bicyclic) bond motifs is 1. The van der Waals surface area contributed by atoms with E-state index in [0.717, 1.165) is 83.0 Å². The van der Waals surface area contributed by atoms with Crippen molar-refractivity contribution in [3.05, 3.63) is 58.7 Å². The van der Waals surface area contributed by atoms with Crippen LogP contribution in [0.15, 0.2) is 30.3 Å². The van der Waals surface area contributed by atoms with Gasteiger partial charge in [-0.3, -0.25) is 14.6 Å². The highest BCUT2D eigenvalue weighted by molar-refractivity contribution is 5.78. The number of hydrogen-bond acceptors (Lipinski definition) is 5. The molecule has 0 spiro atoms. The Kier molecular flexibility index (Phi) is 13.1. The van der Waals surface area contributed by atoms with E-state index in [0.29, 0.717) is 44.1 Å². The number of likely N-dealkylation sites (tertiary alicyclic amines) is 1. The minimum atomic E-state index is -1.05. The average Bonchev–Trinajstić information content (AvgIpc) is 3.45. The summed E-state index contributed by atoms with van der Waals surface area (Å²) in [7, 11) is 0. The third-order valence-electron chi connectivity index (χ3n) is 10.3. The van der Waals surface area contributed by atoms with Crippen molar-refractivity contribution in [1.82, 2.24) is 19.7 Å². The summed E-state index contributed by atoms with van der Waals surface area (Å²) in [4.78, 5) is 47.9. The molecule has 0 saturated carbocycles. The Hall–Kier alpha value is -3.69. The molecule has 2 aliphatic heterocycles. The van der Waals surface area contributed by atoms with Gasteiger partial charge >= 0.3 is 12.0 Å². The summed E-state index contributed by atoms with van der Waals surface area (Å²) in [5, 5.41) is 9.68. The third-order valence-corrected chi connectivity index (χ3v) is 10.3. The van der Waals surface area contributed by atoms with Crippen molar-refractivity contribution in [3.63, 3.8) is 0 Å². The molecule has 0 unspecified atom stereocenters. The zero-order valence-corrected chi connectivity index (χ0v) is 28.6. The highest BCUT2D eigenvalue weighted by Crippen LogP contribution is 2.32. The van der Waals surface area contributed by atoms with Crippen LogP contribution in [0.3, 0.4) is 0 Å². The molecule has 1 aromatic carbocycles. The molecule has 48 heavy (non-hydrogen) atoms. The van der Waals surface area contributed by atoms with Crippen LogP contribution in [0.25, 0.3) is 0 Å². The van der Waals surface area contributed by atoms with Gasteiger partial charge in [-0.2, -0.15) is 0 Å². The van der Waals surface area contributed by atoms with Crippen LogP contribution in [0.1, 0.15) is 113 Å². The molecule has 262 valence electrons. The van der Waals surface area contributed by atoms with Crippen LogP contribution >= 0.6 is 0 Å². The standard InChI is InChI=1S/C38H53FN4O5/c1-2-3-4-5-12-36(44)41-21-17-28(18-22-41)19-25-48-35-16-14-30(26-32(35)39)34(27-37(45)46)43-24-23-42(38(43)47)20-8-10-31-15-13-29-9-6-7-11-33(29)40-31/h13-16,26,28,34H,2-12,17-25,27H2,1H3,(H,45,46)/t34-/m0/s1. The van der Waals surface area contributed by atoms with Crippen molar-refractivity contribution < 1.29 is 28.6 Å². The normalized spacial score (nSPS) is 17.5. The molecule has 2 fully saturated rings. The Morgan fingerprint density at radius 1 is 1.02 bits per heavy atom.